The van der Waals surface area contributed by atoms with Gasteiger partial charge in [-0.05, 0) is 18.2 Å². The fraction of sp³-hybridized carbons (Fsp3) is 0.125. The lowest BCUT2D eigenvalue weighted by Crippen LogP contribution is -1.97. The van der Waals surface area contributed by atoms with Crippen LogP contribution in [-0.2, 0) is 0 Å². The zero-order chi connectivity index (χ0) is 15.5. The molecule has 1 heterocycles. The summed E-state index contributed by atoms with van der Waals surface area (Å²) in [4.78, 5) is 8.51. The summed E-state index contributed by atoms with van der Waals surface area (Å²) >= 11 is 0. The third-order valence-electron chi connectivity index (χ3n) is 3.25. The summed E-state index contributed by atoms with van der Waals surface area (Å²) in [5, 5.41) is 13.5. The van der Waals surface area contributed by atoms with E-state index in [4.69, 9.17) is 9.47 Å². The number of nitrogens with one attached hydrogen (secondary N) is 1. The first kappa shape index (κ1) is 16.6. The molecular weight excluding hydrogens is 318 g/mol. The van der Waals surface area contributed by atoms with E-state index in [1.54, 1.807) is 38.5 Å². The van der Waals surface area contributed by atoms with Crippen molar-refractivity contribution in [2.24, 2.45) is 0 Å². The molecule has 2 N–H and O–H groups in total. The Hall–Kier alpha value is -2.73. The van der Waals surface area contributed by atoms with Gasteiger partial charge in [0.05, 0.1) is 19.7 Å². The smallest absolute Gasteiger partial charge is 0.162 e. The van der Waals surface area contributed by atoms with Crippen molar-refractivity contribution in [2.45, 2.75) is 0 Å². The molecule has 0 saturated carbocycles. The maximum absolute atomic E-state index is 9.55. The molecule has 7 heteroatoms. The summed E-state index contributed by atoms with van der Waals surface area (Å²) < 4.78 is 10.6. The molecule has 2 aromatic carbocycles. The van der Waals surface area contributed by atoms with Gasteiger partial charge in [0.2, 0.25) is 0 Å². The number of halogens is 1. The van der Waals surface area contributed by atoms with Gasteiger partial charge in [0.25, 0.3) is 0 Å². The quantitative estimate of drug-likeness (QED) is 0.760. The second kappa shape index (κ2) is 7.02. The van der Waals surface area contributed by atoms with Crippen LogP contribution in [0.2, 0.25) is 0 Å². The van der Waals surface area contributed by atoms with E-state index in [0.717, 1.165) is 16.6 Å². The topological polar surface area (TPSA) is 76.5 Å². The van der Waals surface area contributed by atoms with Crippen molar-refractivity contribution in [2.75, 3.05) is 19.5 Å². The van der Waals surface area contributed by atoms with Crippen molar-refractivity contribution in [1.29, 1.82) is 0 Å². The van der Waals surface area contributed by atoms with Crippen LogP contribution >= 0.6 is 12.4 Å². The average Bonchev–Trinajstić information content (AvgIpc) is 2.54. The Morgan fingerprint density at radius 1 is 1.00 bits per heavy atom. The summed E-state index contributed by atoms with van der Waals surface area (Å²) in [5.41, 5.74) is 1.46. The van der Waals surface area contributed by atoms with Crippen LogP contribution in [0.3, 0.4) is 0 Å². The average molecular weight is 334 g/mol. The fourth-order valence-electron chi connectivity index (χ4n) is 2.20. The third kappa shape index (κ3) is 3.37. The predicted molar refractivity (Wildman–Crippen MR) is 91.3 cm³/mol. The number of anilines is 2. The summed E-state index contributed by atoms with van der Waals surface area (Å²) in [6, 6.07) is 10.4. The number of rotatable bonds is 4. The SMILES string of the molecule is COc1cc2ncnc(Nc3cccc(O)c3)c2cc1OC.Cl. The normalized spacial score (nSPS) is 10.0. The van der Waals surface area contributed by atoms with Crippen molar-refractivity contribution < 1.29 is 14.6 Å². The Bertz CT molecular complexity index is 827. The maximum Gasteiger partial charge on any atom is 0.162 e. The number of phenolic OH excluding ortho intramolecular Hbond substituents is 1. The van der Waals surface area contributed by atoms with Crippen LogP contribution in [0.1, 0.15) is 0 Å². The highest BCUT2D eigenvalue weighted by atomic mass is 35.5. The molecule has 0 amide bonds. The highest BCUT2D eigenvalue weighted by Gasteiger charge is 2.11. The second-order valence-corrected chi connectivity index (χ2v) is 4.62. The largest absolute Gasteiger partial charge is 0.508 e. The molecule has 0 aliphatic rings. The minimum atomic E-state index is 0. The van der Waals surface area contributed by atoms with E-state index >= 15 is 0 Å². The Balaban J connectivity index is 0.00000192. The molecule has 0 aliphatic carbocycles. The molecule has 3 rings (SSSR count). The molecule has 0 unspecified atom stereocenters. The number of phenols is 1. The van der Waals surface area contributed by atoms with Crippen molar-refractivity contribution in [3.05, 3.63) is 42.7 Å². The third-order valence-corrected chi connectivity index (χ3v) is 3.25. The van der Waals surface area contributed by atoms with E-state index in [9.17, 15) is 5.11 Å². The van der Waals surface area contributed by atoms with Gasteiger partial charge in [-0.25, -0.2) is 9.97 Å². The van der Waals surface area contributed by atoms with Gasteiger partial charge < -0.3 is 19.9 Å². The molecule has 6 nitrogen and oxygen atoms in total. The van der Waals surface area contributed by atoms with Crippen LogP contribution in [0.4, 0.5) is 11.5 Å². The van der Waals surface area contributed by atoms with Crippen LogP contribution in [0, 0.1) is 0 Å². The van der Waals surface area contributed by atoms with Crippen LogP contribution in [0.15, 0.2) is 42.7 Å². The lowest BCUT2D eigenvalue weighted by atomic mass is 10.2. The summed E-state index contributed by atoms with van der Waals surface area (Å²) in [7, 11) is 3.16. The zero-order valence-electron chi connectivity index (χ0n) is 12.6. The van der Waals surface area contributed by atoms with E-state index in [1.807, 2.05) is 12.1 Å². The van der Waals surface area contributed by atoms with E-state index in [2.05, 4.69) is 15.3 Å². The fourth-order valence-corrected chi connectivity index (χ4v) is 2.20. The number of aromatic nitrogens is 2. The summed E-state index contributed by atoms with van der Waals surface area (Å²) in [6.07, 6.45) is 1.47. The lowest BCUT2D eigenvalue weighted by Gasteiger charge is -2.12. The van der Waals surface area contributed by atoms with Gasteiger partial charge in [-0.15, -0.1) is 12.4 Å². The molecule has 0 radical (unpaired) electrons. The van der Waals surface area contributed by atoms with E-state index < -0.39 is 0 Å². The molecule has 0 spiro atoms. The van der Waals surface area contributed by atoms with Gasteiger partial charge in [-0.3, -0.25) is 0 Å². The van der Waals surface area contributed by atoms with Gasteiger partial charge in [0, 0.05) is 23.2 Å². The monoisotopic (exact) mass is 333 g/mol. The summed E-state index contributed by atoms with van der Waals surface area (Å²) in [5.74, 6) is 2.01. The molecule has 0 fully saturated rings. The molecule has 0 aliphatic heterocycles. The number of methoxy groups -OCH3 is 2. The van der Waals surface area contributed by atoms with Crippen LogP contribution < -0.4 is 14.8 Å². The van der Waals surface area contributed by atoms with Gasteiger partial charge in [-0.1, -0.05) is 6.07 Å². The van der Waals surface area contributed by atoms with Gasteiger partial charge >= 0.3 is 0 Å². The molecule has 3 aromatic rings. The summed E-state index contributed by atoms with van der Waals surface area (Å²) in [6.45, 7) is 0. The molecule has 23 heavy (non-hydrogen) atoms. The highest BCUT2D eigenvalue weighted by Crippen LogP contribution is 2.34. The molecule has 0 bridgehead atoms. The first-order valence-electron chi connectivity index (χ1n) is 6.64. The first-order valence-corrected chi connectivity index (χ1v) is 6.64. The highest BCUT2D eigenvalue weighted by molar-refractivity contribution is 5.93. The number of aromatic hydroxyl groups is 1. The van der Waals surface area contributed by atoms with Crippen molar-refractivity contribution in [3.63, 3.8) is 0 Å². The minimum Gasteiger partial charge on any atom is -0.508 e. The van der Waals surface area contributed by atoms with Crippen molar-refractivity contribution in [3.8, 4) is 17.2 Å². The zero-order valence-corrected chi connectivity index (χ0v) is 13.4. The van der Waals surface area contributed by atoms with E-state index in [-0.39, 0.29) is 18.2 Å². The number of benzene rings is 2. The standard InChI is InChI=1S/C16H15N3O3.ClH/c1-21-14-7-12-13(8-15(14)22-2)17-9-18-16(12)19-10-4-3-5-11(20)6-10;/h3-9,20H,1-2H3,(H,17,18,19);1H. The molecule has 1 aromatic heterocycles. The second-order valence-electron chi connectivity index (χ2n) is 4.62. The van der Waals surface area contributed by atoms with Gasteiger partial charge in [0.1, 0.15) is 17.9 Å². The Morgan fingerprint density at radius 3 is 2.43 bits per heavy atom. The van der Waals surface area contributed by atoms with Crippen molar-refractivity contribution >= 4 is 34.8 Å². The van der Waals surface area contributed by atoms with Gasteiger partial charge in [0.15, 0.2) is 11.5 Å². The van der Waals surface area contributed by atoms with Crippen molar-refractivity contribution in [1.82, 2.24) is 9.97 Å². The Morgan fingerprint density at radius 2 is 1.74 bits per heavy atom. The predicted octanol–water partition coefficient (Wildman–Crippen LogP) is 3.52. The van der Waals surface area contributed by atoms with Crippen LogP contribution in [0.5, 0.6) is 17.2 Å². The van der Waals surface area contributed by atoms with E-state index in [1.165, 1.54) is 6.33 Å². The number of hydrogen-bond acceptors (Lipinski definition) is 6. The van der Waals surface area contributed by atoms with E-state index in [0.29, 0.717) is 17.3 Å². The molecule has 0 atom stereocenters. The molecular formula is C16H16ClN3O3. The Labute approximate surface area is 139 Å². The molecule has 0 saturated heterocycles. The number of fused-ring (bicyclic) bond motifs is 1. The first-order chi connectivity index (χ1) is 10.7. The van der Waals surface area contributed by atoms with Crippen LogP contribution in [0.25, 0.3) is 10.9 Å². The minimum absolute atomic E-state index is 0. The molecule has 120 valence electrons. The Kier molecular flexibility index (Phi) is 5.08. The number of nitrogens with zero attached hydrogens (tertiary/aromatic N) is 2. The number of hydrogen-bond donors (Lipinski definition) is 2. The maximum atomic E-state index is 9.55. The lowest BCUT2D eigenvalue weighted by molar-refractivity contribution is 0.356. The van der Waals surface area contributed by atoms with Crippen LogP contribution in [-0.4, -0.2) is 29.3 Å². The number of ether oxygens (including phenoxy) is 2. The van der Waals surface area contributed by atoms with Gasteiger partial charge in [-0.2, -0.15) is 0 Å².